The maximum Gasteiger partial charge on any atom is 0.191 e. The molecule has 1 aliphatic heterocycles. The van der Waals surface area contributed by atoms with E-state index in [1.54, 1.807) is 18.4 Å². The summed E-state index contributed by atoms with van der Waals surface area (Å²) in [4.78, 5) is 8.84. The van der Waals surface area contributed by atoms with Crippen LogP contribution < -0.4 is 10.6 Å². The van der Waals surface area contributed by atoms with Gasteiger partial charge in [-0.15, -0.1) is 11.3 Å². The highest BCUT2D eigenvalue weighted by Gasteiger charge is 2.15. The predicted molar refractivity (Wildman–Crippen MR) is 94.2 cm³/mol. The van der Waals surface area contributed by atoms with Gasteiger partial charge >= 0.3 is 0 Å². The van der Waals surface area contributed by atoms with Gasteiger partial charge in [0.05, 0.1) is 30.0 Å². The van der Waals surface area contributed by atoms with Crippen LogP contribution in [0.1, 0.15) is 43.3 Å². The molecule has 0 saturated carbocycles. The monoisotopic (exact) mass is 340 g/mol. The van der Waals surface area contributed by atoms with E-state index in [9.17, 15) is 0 Å². The fraction of sp³-hybridized carbons (Fsp3) is 0.750. The van der Waals surface area contributed by atoms with E-state index in [-0.39, 0.29) is 6.10 Å². The van der Waals surface area contributed by atoms with Crippen molar-refractivity contribution < 1.29 is 9.47 Å². The lowest BCUT2D eigenvalue weighted by atomic mass is 10.2. The van der Waals surface area contributed by atoms with Gasteiger partial charge in [-0.1, -0.05) is 13.8 Å². The lowest BCUT2D eigenvalue weighted by Gasteiger charge is -2.12. The number of thiazole rings is 1. The van der Waals surface area contributed by atoms with Crippen molar-refractivity contribution >= 4 is 17.3 Å². The second-order valence-electron chi connectivity index (χ2n) is 5.89. The summed E-state index contributed by atoms with van der Waals surface area (Å²) in [6.07, 6.45) is 2.25. The number of aromatic nitrogens is 1. The summed E-state index contributed by atoms with van der Waals surface area (Å²) in [7, 11) is 1.78. The maximum atomic E-state index is 5.74. The molecule has 1 atom stereocenters. The number of nitrogens with zero attached hydrogens (tertiary/aromatic N) is 2. The van der Waals surface area contributed by atoms with Crippen LogP contribution in [0.3, 0.4) is 0 Å². The van der Waals surface area contributed by atoms with Crippen molar-refractivity contribution in [1.82, 2.24) is 15.6 Å². The number of nitrogens with one attached hydrogen (secondary N) is 2. The number of ether oxygens (including phenoxy) is 2. The van der Waals surface area contributed by atoms with E-state index >= 15 is 0 Å². The maximum absolute atomic E-state index is 5.74. The quantitative estimate of drug-likeness (QED) is 0.431. The molecule has 1 aliphatic rings. The van der Waals surface area contributed by atoms with Crippen molar-refractivity contribution in [3.05, 3.63) is 16.1 Å². The summed E-state index contributed by atoms with van der Waals surface area (Å²) in [5.41, 5.74) is 1.06. The predicted octanol–water partition coefficient (Wildman–Crippen LogP) is 2.13. The standard InChI is InChI=1S/C16H28N4O2S/c1-12(2)15-20-13(11-23-15)9-19-16(17-3)18-6-4-7-22-14-5-8-21-10-14/h11-12,14H,4-10H2,1-3H3,(H2,17,18,19). The molecule has 23 heavy (non-hydrogen) atoms. The van der Waals surface area contributed by atoms with Crippen molar-refractivity contribution in [1.29, 1.82) is 0 Å². The number of aliphatic imine (C=N–C) groups is 1. The first-order chi connectivity index (χ1) is 11.2. The smallest absolute Gasteiger partial charge is 0.191 e. The Morgan fingerprint density at radius 3 is 3.04 bits per heavy atom. The SMILES string of the molecule is CN=C(NCCCOC1CCOC1)NCc1csc(C(C)C)n1. The molecular formula is C16H28N4O2S. The first kappa shape index (κ1) is 18.2. The van der Waals surface area contributed by atoms with Gasteiger partial charge in [-0.05, 0) is 12.8 Å². The lowest BCUT2D eigenvalue weighted by molar-refractivity contribution is 0.0420. The highest BCUT2D eigenvalue weighted by molar-refractivity contribution is 7.09. The Morgan fingerprint density at radius 1 is 1.52 bits per heavy atom. The molecule has 1 aromatic rings. The van der Waals surface area contributed by atoms with Crippen molar-refractivity contribution in [2.45, 2.75) is 45.3 Å². The molecule has 2 heterocycles. The molecule has 1 fully saturated rings. The third-order valence-electron chi connectivity index (χ3n) is 3.58. The molecule has 2 rings (SSSR count). The van der Waals surface area contributed by atoms with Crippen LogP contribution in [0.4, 0.5) is 0 Å². The number of rotatable bonds is 8. The Kier molecular flexibility index (Phi) is 7.78. The molecular weight excluding hydrogens is 312 g/mol. The van der Waals surface area contributed by atoms with Gasteiger partial charge in [0.15, 0.2) is 5.96 Å². The topological polar surface area (TPSA) is 67.8 Å². The normalized spacial score (nSPS) is 18.6. The minimum absolute atomic E-state index is 0.284. The molecule has 6 nitrogen and oxygen atoms in total. The zero-order chi connectivity index (χ0) is 16.5. The third-order valence-corrected chi connectivity index (χ3v) is 4.77. The Balaban J connectivity index is 1.59. The average molecular weight is 340 g/mol. The first-order valence-corrected chi connectivity index (χ1v) is 9.15. The van der Waals surface area contributed by atoms with E-state index in [1.165, 1.54) is 5.01 Å². The van der Waals surface area contributed by atoms with Gasteiger partial charge in [0.2, 0.25) is 0 Å². The summed E-state index contributed by atoms with van der Waals surface area (Å²) >= 11 is 1.72. The largest absolute Gasteiger partial charge is 0.379 e. The van der Waals surface area contributed by atoms with E-state index in [4.69, 9.17) is 9.47 Å². The van der Waals surface area contributed by atoms with Gasteiger partial charge in [0.1, 0.15) is 0 Å². The molecule has 0 radical (unpaired) electrons. The van der Waals surface area contributed by atoms with Gasteiger partial charge in [0, 0.05) is 38.1 Å². The molecule has 0 amide bonds. The molecule has 0 aromatic carbocycles. The molecule has 1 unspecified atom stereocenters. The van der Waals surface area contributed by atoms with Crippen LogP contribution in [-0.4, -0.2) is 50.5 Å². The molecule has 1 saturated heterocycles. The van der Waals surface area contributed by atoms with Gasteiger partial charge in [-0.3, -0.25) is 4.99 Å². The fourth-order valence-electron chi connectivity index (χ4n) is 2.24. The minimum Gasteiger partial charge on any atom is -0.379 e. The van der Waals surface area contributed by atoms with Crippen LogP contribution in [0.15, 0.2) is 10.4 Å². The van der Waals surface area contributed by atoms with E-state index in [0.717, 1.165) is 50.9 Å². The van der Waals surface area contributed by atoms with Crippen LogP contribution in [0.25, 0.3) is 0 Å². The van der Waals surface area contributed by atoms with Crippen LogP contribution in [-0.2, 0) is 16.0 Å². The van der Waals surface area contributed by atoms with Crippen LogP contribution >= 0.6 is 11.3 Å². The Labute approximate surface area is 142 Å². The second-order valence-corrected chi connectivity index (χ2v) is 6.78. The summed E-state index contributed by atoms with van der Waals surface area (Å²) in [5.74, 6) is 1.28. The number of hydrogen-bond acceptors (Lipinski definition) is 5. The number of guanidine groups is 1. The molecule has 1 aromatic heterocycles. The molecule has 0 spiro atoms. The Hall–Kier alpha value is -1.18. The van der Waals surface area contributed by atoms with Gasteiger partial charge in [0.25, 0.3) is 0 Å². The van der Waals surface area contributed by atoms with Crippen LogP contribution in [0, 0.1) is 0 Å². The second kappa shape index (κ2) is 9.85. The van der Waals surface area contributed by atoms with Crippen molar-refractivity contribution in [3.8, 4) is 0 Å². The van der Waals surface area contributed by atoms with Gasteiger partial charge in [-0.2, -0.15) is 0 Å². The van der Waals surface area contributed by atoms with Gasteiger partial charge in [-0.25, -0.2) is 4.98 Å². The molecule has 2 N–H and O–H groups in total. The van der Waals surface area contributed by atoms with E-state index in [0.29, 0.717) is 12.5 Å². The number of hydrogen-bond donors (Lipinski definition) is 2. The molecule has 0 aliphatic carbocycles. The van der Waals surface area contributed by atoms with E-state index < -0.39 is 0 Å². The zero-order valence-corrected chi connectivity index (χ0v) is 15.1. The van der Waals surface area contributed by atoms with Crippen molar-refractivity contribution in [2.75, 3.05) is 33.4 Å². The molecule has 0 bridgehead atoms. The first-order valence-electron chi connectivity index (χ1n) is 8.27. The summed E-state index contributed by atoms with van der Waals surface area (Å²) in [6, 6.07) is 0. The molecule has 130 valence electrons. The van der Waals surface area contributed by atoms with Crippen LogP contribution in [0.5, 0.6) is 0 Å². The average Bonchev–Trinajstić information content (AvgIpc) is 3.21. The Morgan fingerprint density at radius 2 is 2.39 bits per heavy atom. The minimum atomic E-state index is 0.284. The Bertz CT molecular complexity index is 484. The van der Waals surface area contributed by atoms with E-state index in [2.05, 4.69) is 39.8 Å². The third kappa shape index (κ3) is 6.45. The fourth-order valence-corrected chi connectivity index (χ4v) is 3.07. The summed E-state index contributed by atoms with van der Waals surface area (Å²) < 4.78 is 11.0. The zero-order valence-electron chi connectivity index (χ0n) is 14.3. The van der Waals surface area contributed by atoms with Gasteiger partial charge < -0.3 is 20.1 Å². The van der Waals surface area contributed by atoms with Crippen LogP contribution in [0.2, 0.25) is 0 Å². The van der Waals surface area contributed by atoms with Crippen molar-refractivity contribution in [3.63, 3.8) is 0 Å². The molecule has 7 heteroatoms. The van der Waals surface area contributed by atoms with E-state index in [1.807, 2.05) is 0 Å². The summed E-state index contributed by atoms with van der Waals surface area (Å²) in [5, 5.41) is 9.87. The lowest BCUT2D eigenvalue weighted by Crippen LogP contribution is -2.37. The van der Waals surface area contributed by atoms with Crippen molar-refractivity contribution in [2.24, 2.45) is 4.99 Å². The summed E-state index contributed by atoms with van der Waals surface area (Å²) in [6.45, 7) is 8.17. The highest BCUT2D eigenvalue weighted by atomic mass is 32.1. The highest BCUT2D eigenvalue weighted by Crippen LogP contribution is 2.18.